The second-order valence-corrected chi connectivity index (χ2v) is 3.90. The maximum Gasteiger partial charge on any atom is 0.354 e. The summed E-state index contributed by atoms with van der Waals surface area (Å²) in [7, 11) is 0. The number of carboxylic acid groups (broad SMARTS) is 1. The molecule has 104 valence electrons. The topological polar surface area (TPSA) is 129 Å². The molecule has 1 fully saturated rings. The van der Waals surface area contributed by atoms with Gasteiger partial charge in [0.2, 0.25) is 5.91 Å². The largest absolute Gasteiger partial charge is 0.477 e. The summed E-state index contributed by atoms with van der Waals surface area (Å²) in [4.78, 5) is 49.4. The van der Waals surface area contributed by atoms with Crippen molar-refractivity contribution >= 4 is 29.6 Å². The van der Waals surface area contributed by atoms with E-state index in [0.717, 1.165) is 4.90 Å². The van der Waals surface area contributed by atoms with Gasteiger partial charge in [0.05, 0.1) is 6.54 Å². The van der Waals surface area contributed by atoms with Gasteiger partial charge in [-0.1, -0.05) is 6.07 Å². The Kier molecular flexibility index (Phi) is 3.60. The molecule has 0 saturated carbocycles. The van der Waals surface area contributed by atoms with E-state index in [1.54, 1.807) is 0 Å². The van der Waals surface area contributed by atoms with Crippen molar-refractivity contribution in [1.82, 2.24) is 15.2 Å². The van der Waals surface area contributed by atoms with Gasteiger partial charge in [-0.3, -0.25) is 14.5 Å². The number of imide groups is 1. The summed E-state index contributed by atoms with van der Waals surface area (Å²) in [5.41, 5.74) is -0.224. The number of hydrogen-bond donors (Lipinski definition) is 3. The number of carboxylic acids is 1. The third-order valence-corrected chi connectivity index (χ3v) is 2.47. The molecule has 2 heterocycles. The van der Waals surface area contributed by atoms with Gasteiger partial charge in [0.15, 0.2) is 5.69 Å². The zero-order valence-corrected chi connectivity index (χ0v) is 10.1. The molecule has 0 atom stereocenters. The summed E-state index contributed by atoms with van der Waals surface area (Å²) in [6.45, 7) is -0.595. The van der Waals surface area contributed by atoms with Crippen LogP contribution in [0.2, 0.25) is 0 Å². The number of rotatable bonds is 4. The van der Waals surface area contributed by atoms with Crippen molar-refractivity contribution < 1.29 is 24.3 Å². The van der Waals surface area contributed by atoms with Crippen LogP contribution in [-0.2, 0) is 9.59 Å². The summed E-state index contributed by atoms with van der Waals surface area (Å²) in [6.07, 6.45) is 0. The van der Waals surface area contributed by atoms with Gasteiger partial charge in [0.25, 0.3) is 5.91 Å². The van der Waals surface area contributed by atoms with Crippen LogP contribution in [0, 0.1) is 0 Å². The predicted octanol–water partition coefficient (Wildman–Crippen LogP) is -0.730. The van der Waals surface area contributed by atoms with Crippen LogP contribution in [0.5, 0.6) is 0 Å². The Bertz CT molecular complexity index is 584. The van der Waals surface area contributed by atoms with E-state index in [0.29, 0.717) is 0 Å². The van der Waals surface area contributed by atoms with Crippen LogP contribution in [0.3, 0.4) is 0 Å². The number of pyridine rings is 1. The first-order chi connectivity index (χ1) is 9.47. The minimum atomic E-state index is -1.23. The van der Waals surface area contributed by atoms with Crippen LogP contribution in [0.1, 0.15) is 10.5 Å². The molecule has 1 saturated heterocycles. The molecule has 1 aromatic heterocycles. The van der Waals surface area contributed by atoms with E-state index in [1.165, 1.54) is 18.2 Å². The number of anilines is 1. The summed E-state index contributed by atoms with van der Waals surface area (Å²) in [5.74, 6) is -2.35. The van der Waals surface area contributed by atoms with Gasteiger partial charge in [0.1, 0.15) is 12.4 Å². The van der Waals surface area contributed by atoms with Crippen molar-refractivity contribution in [2.75, 3.05) is 18.4 Å². The van der Waals surface area contributed by atoms with E-state index < -0.39 is 30.4 Å². The van der Waals surface area contributed by atoms with Crippen molar-refractivity contribution in [2.45, 2.75) is 0 Å². The average molecular weight is 278 g/mol. The molecule has 0 bridgehead atoms. The molecular formula is C11H10N4O5. The Morgan fingerprint density at radius 1 is 1.40 bits per heavy atom. The van der Waals surface area contributed by atoms with Crippen LogP contribution in [0.25, 0.3) is 0 Å². The quantitative estimate of drug-likeness (QED) is 0.623. The van der Waals surface area contributed by atoms with E-state index >= 15 is 0 Å². The van der Waals surface area contributed by atoms with Gasteiger partial charge in [0, 0.05) is 0 Å². The lowest BCUT2D eigenvalue weighted by Gasteiger charge is -2.11. The standard InChI is InChI=1S/C11H10N4O5/c16-8(5-15-9(17)4-12-11(15)20)14-7-3-1-2-6(13-7)10(18)19/h1-3H,4-5H2,(H,12,20)(H,18,19)(H,13,14,16). The summed E-state index contributed by atoms with van der Waals surface area (Å²) in [5, 5.41) is 13.4. The van der Waals surface area contributed by atoms with Crippen molar-refractivity contribution in [3.8, 4) is 0 Å². The van der Waals surface area contributed by atoms with E-state index in [-0.39, 0.29) is 18.1 Å². The van der Waals surface area contributed by atoms with Crippen LogP contribution >= 0.6 is 0 Å². The molecule has 2 rings (SSSR count). The molecule has 0 radical (unpaired) electrons. The monoisotopic (exact) mass is 278 g/mol. The zero-order chi connectivity index (χ0) is 14.7. The van der Waals surface area contributed by atoms with Crippen LogP contribution in [0.4, 0.5) is 10.6 Å². The molecule has 3 N–H and O–H groups in total. The van der Waals surface area contributed by atoms with Crippen LogP contribution in [-0.4, -0.2) is 51.9 Å². The number of nitrogens with one attached hydrogen (secondary N) is 2. The van der Waals surface area contributed by atoms with E-state index in [4.69, 9.17) is 5.11 Å². The molecule has 9 nitrogen and oxygen atoms in total. The Hall–Kier alpha value is -2.97. The number of aromatic carboxylic acids is 1. The Labute approximate surface area is 112 Å². The number of carbonyl (C=O) groups excluding carboxylic acids is 3. The van der Waals surface area contributed by atoms with Gasteiger partial charge in [-0.05, 0) is 12.1 Å². The average Bonchev–Trinajstić information content (AvgIpc) is 2.71. The van der Waals surface area contributed by atoms with Crippen molar-refractivity contribution in [3.63, 3.8) is 0 Å². The van der Waals surface area contributed by atoms with Crippen molar-refractivity contribution in [3.05, 3.63) is 23.9 Å². The fourth-order valence-electron chi connectivity index (χ4n) is 1.56. The van der Waals surface area contributed by atoms with Gasteiger partial charge < -0.3 is 15.7 Å². The minimum absolute atomic E-state index is 0.0296. The molecule has 0 aliphatic carbocycles. The number of urea groups is 1. The van der Waals surface area contributed by atoms with Gasteiger partial charge in [-0.15, -0.1) is 0 Å². The van der Waals surface area contributed by atoms with Crippen molar-refractivity contribution in [2.24, 2.45) is 0 Å². The van der Waals surface area contributed by atoms with Crippen LogP contribution < -0.4 is 10.6 Å². The second kappa shape index (κ2) is 5.34. The SMILES string of the molecule is O=C(CN1C(=O)CNC1=O)Nc1cccc(C(=O)O)n1. The molecule has 1 aliphatic rings. The lowest BCUT2D eigenvalue weighted by atomic mass is 10.3. The first-order valence-corrected chi connectivity index (χ1v) is 5.56. The molecular weight excluding hydrogens is 268 g/mol. The maximum absolute atomic E-state index is 11.7. The zero-order valence-electron chi connectivity index (χ0n) is 10.1. The minimum Gasteiger partial charge on any atom is -0.477 e. The molecule has 1 aromatic rings. The first kappa shape index (κ1) is 13.5. The predicted molar refractivity (Wildman–Crippen MR) is 64.9 cm³/mol. The third kappa shape index (κ3) is 2.88. The highest BCUT2D eigenvalue weighted by atomic mass is 16.4. The van der Waals surface area contributed by atoms with E-state index in [1.807, 2.05) is 0 Å². The first-order valence-electron chi connectivity index (χ1n) is 5.56. The number of nitrogens with zero attached hydrogens (tertiary/aromatic N) is 2. The Morgan fingerprint density at radius 2 is 2.15 bits per heavy atom. The molecule has 4 amide bonds. The Balaban J connectivity index is 2.01. The highest BCUT2D eigenvalue weighted by Crippen LogP contribution is 2.06. The fourth-order valence-corrected chi connectivity index (χ4v) is 1.56. The van der Waals surface area contributed by atoms with Gasteiger partial charge in [-0.25, -0.2) is 14.6 Å². The second-order valence-electron chi connectivity index (χ2n) is 3.90. The van der Waals surface area contributed by atoms with Gasteiger partial charge in [-0.2, -0.15) is 0 Å². The van der Waals surface area contributed by atoms with Gasteiger partial charge >= 0.3 is 12.0 Å². The number of hydrogen-bond acceptors (Lipinski definition) is 5. The fraction of sp³-hybridized carbons (Fsp3) is 0.182. The normalized spacial score (nSPS) is 14.1. The molecule has 20 heavy (non-hydrogen) atoms. The third-order valence-electron chi connectivity index (χ3n) is 2.47. The Morgan fingerprint density at radius 3 is 2.75 bits per heavy atom. The molecule has 0 spiro atoms. The highest BCUT2D eigenvalue weighted by Gasteiger charge is 2.30. The summed E-state index contributed by atoms with van der Waals surface area (Å²) >= 11 is 0. The van der Waals surface area contributed by atoms with E-state index in [9.17, 15) is 19.2 Å². The van der Waals surface area contributed by atoms with E-state index in [2.05, 4.69) is 15.6 Å². The number of aromatic nitrogens is 1. The summed E-state index contributed by atoms with van der Waals surface area (Å²) < 4.78 is 0. The number of carbonyl (C=O) groups is 4. The lowest BCUT2D eigenvalue weighted by Crippen LogP contribution is -2.38. The molecule has 0 aromatic carbocycles. The molecule has 0 unspecified atom stereocenters. The smallest absolute Gasteiger partial charge is 0.354 e. The molecule has 1 aliphatic heterocycles. The highest BCUT2D eigenvalue weighted by molar-refractivity contribution is 6.06. The lowest BCUT2D eigenvalue weighted by molar-refractivity contribution is -0.128. The maximum atomic E-state index is 11.7. The molecule has 9 heteroatoms. The van der Waals surface area contributed by atoms with Crippen molar-refractivity contribution in [1.29, 1.82) is 0 Å². The summed E-state index contributed by atoms with van der Waals surface area (Å²) in [6, 6.07) is 3.45. The van der Waals surface area contributed by atoms with Crippen LogP contribution in [0.15, 0.2) is 18.2 Å². The number of amides is 4.